The predicted molar refractivity (Wildman–Crippen MR) is 146 cm³/mol. The van der Waals surface area contributed by atoms with Crippen LogP contribution in [0.2, 0.25) is 0 Å². The van der Waals surface area contributed by atoms with Crippen molar-refractivity contribution >= 4 is 57.8 Å². The number of nitrogens with zero attached hydrogens (tertiary/aromatic N) is 5. The van der Waals surface area contributed by atoms with Crippen LogP contribution < -0.4 is 10.5 Å². The molecule has 2 aromatic heterocycles. The van der Waals surface area contributed by atoms with Gasteiger partial charge in [-0.05, 0) is 38.0 Å². The molecule has 2 saturated heterocycles. The molecule has 192 valence electrons. The van der Waals surface area contributed by atoms with Gasteiger partial charge in [0.05, 0.1) is 17.1 Å². The molecule has 0 aromatic carbocycles. The molecule has 9 nitrogen and oxygen atoms in total. The van der Waals surface area contributed by atoms with Crippen molar-refractivity contribution in [3.05, 3.63) is 44.7 Å². The number of carbonyl (C=O) groups is 2. The Hall–Kier alpha value is -2.92. The molecule has 0 saturated carbocycles. The summed E-state index contributed by atoms with van der Waals surface area (Å²) < 4.78 is 7.15. The van der Waals surface area contributed by atoms with Gasteiger partial charge in [-0.15, -0.1) is 0 Å². The summed E-state index contributed by atoms with van der Waals surface area (Å²) in [6, 6.07) is 3.72. The van der Waals surface area contributed by atoms with Crippen molar-refractivity contribution in [2.24, 2.45) is 0 Å². The maximum atomic E-state index is 13.7. The number of piperazine rings is 1. The highest BCUT2D eigenvalue weighted by atomic mass is 32.2. The van der Waals surface area contributed by atoms with Crippen LogP contribution in [0.5, 0.6) is 0 Å². The number of hydrogen-bond donors (Lipinski definition) is 0. The molecular formula is C25H31N5O4S2. The lowest BCUT2D eigenvalue weighted by Crippen LogP contribution is -2.49. The van der Waals surface area contributed by atoms with Crippen molar-refractivity contribution in [2.45, 2.75) is 40.0 Å². The molecule has 0 atom stereocenters. The summed E-state index contributed by atoms with van der Waals surface area (Å²) >= 11 is 6.69. The number of anilines is 1. The number of thiocarbonyl (C=S) groups is 1. The number of ether oxygens (including phenoxy) is 1. The van der Waals surface area contributed by atoms with Crippen molar-refractivity contribution < 1.29 is 14.3 Å². The third kappa shape index (κ3) is 5.41. The highest BCUT2D eigenvalue weighted by molar-refractivity contribution is 8.26. The molecule has 0 bridgehead atoms. The molecule has 2 aliphatic heterocycles. The minimum absolute atomic E-state index is 0.173. The summed E-state index contributed by atoms with van der Waals surface area (Å²) in [6.45, 7) is 8.59. The molecule has 0 spiro atoms. The Morgan fingerprint density at radius 1 is 1.17 bits per heavy atom. The van der Waals surface area contributed by atoms with Crippen LogP contribution in [-0.4, -0.2) is 74.8 Å². The third-order valence-corrected chi connectivity index (χ3v) is 7.60. The van der Waals surface area contributed by atoms with Gasteiger partial charge in [-0.3, -0.25) is 18.9 Å². The molecule has 11 heteroatoms. The smallest absolute Gasteiger partial charge is 0.409 e. The number of hydrogen-bond acceptors (Lipinski definition) is 8. The van der Waals surface area contributed by atoms with E-state index in [0.29, 0.717) is 65.6 Å². The van der Waals surface area contributed by atoms with Gasteiger partial charge in [0, 0.05) is 38.9 Å². The fourth-order valence-corrected chi connectivity index (χ4v) is 5.56. The fraction of sp³-hybridized carbons (Fsp3) is 0.480. The van der Waals surface area contributed by atoms with Gasteiger partial charge < -0.3 is 14.5 Å². The molecule has 36 heavy (non-hydrogen) atoms. The van der Waals surface area contributed by atoms with Gasteiger partial charge >= 0.3 is 6.09 Å². The zero-order valence-corrected chi connectivity index (χ0v) is 22.5. The molecule has 0 radical (unpaired) electrons. The van der Waals surface area contributed by atoms with E-state index in [0.717, 1.165) is 24.8 Å². The number of aryl methyl sites for hydroxylation is 1. The van der Waals surface area contributed by atoms with Gasteiger partial charge in [0.25, 0.3) is 11.5 Å². The van der Waals surface area contributed by atoms with Gasteiger partial charge in [-0.25, -0.2) is 9.78 Å². The molecule has 2 fully saturated rings. The topological polar surface area (TPSA) is 87.5 Å². The molecule has 4 rings (SSSR count). The molecule has 2 amide bonds. The molecule has 2 aromatic rings. The van der Waals surface area contributed by atoms with Crippen LogP contribution in [0.3, 0.4) is 0 Å². The monoisotopic (exact) mass is 529 g/mol. The lowest BCUT2D eigenvalue weighted by Gasteiger charge is -2.35. The summed E-state index contributed by atoms with van der Waals surface area (Å²) in [5.41, 5.74) is 1.55. The molecule has 4 heterocycles. The zero-order chi connectivity index (χ0) is 25.8. The first-order valence-electron chi connectivity index (χ1n) is 12.3. The number of thioether (sulfide) groups is 1. The van der Waals surface area contributed by atoms with Crippen molar-refractivity contribution in [2.75, 3.05) is 44.2 Å². The van der Waals surface area contributed by atoms with E-state index in [1.54, 1.807) is 29.0 Å². The average molecular weight is 530 g/mol. The standard InChI is InChI=1S/C25H31N5O4S2/c1-4-6-7-10-29-23(32)19(36-25(29)35)15-18-21(26-20-9-8-17(3)16-30(20)22(18)31)27-11-13-28(14-12-27)24(33)34-5-2/h8-9,15-16H,4-7,10-14H2,1-3H3. The van der Waals surface area contributed by atoms with Gasteiger partial charge in [0.2, 0.25) is 0 Å². The zero-order valence-electron chi connectivity index (χ0n) is 20.9. The normalized spacial score (nSPS) is 17.5. The van der Waals surface area contributed by atoms with Crippen LogP contribution in [0.4, 0.5) is 10.6 Å². The average Bonchev–Trinajstić information content (AvgIpc) is 3.13. The number of pyridine rings is 1. The summed E-state index contributed by atoms with van der Waals surface area (Å²) in [7, 11) is 0. The first-order valence-corrected chi connectivity index (χ1v) is 13.5. The molecule has 0 aliphatic carbocycles. The number of unbranched alkanes of at least 4 members (excludes halogenated alkanes) is 2. The second kappa shape index (κ2) is 11.4. The SMILES string of the molecule is CCCCCN1C(=O)C(=Cc2c(N3CCN(C(=O)OCC)CC3)nc3ccc(C)cn3c2=O)SC1=S. The fourth-order valence-electron chi connectivity index (χ4n) is 4.27. The Morgan fingerprint density at radius 3 is 2.61 bits per heavy atom. The first kappa shape index (κ1) is 26.2. The van der Waals surface area contributed by atoms with E-state index in [-0.39, 0.29) is 17.6 Å². The van der Waals surface area contributed by atoms with Crippen molar-refractivity contribution in [1.82, 2.24) is 19.2 Å². The van der Waals surface area contributed by atoms with Crippen LogP contribution in [0.15, 0.2) is 28.0 Å². The summed E-state index contributed by atoms with van der Waals surface area (Å²) in [5, 5.41) is 0. The van der Waals surface area contributed by atoms with E-state index in [4.69, 9.17) is 21.9 Å². The van der Waals surface area contributed by atoms with Crippen LogP contribution >= 0.6 is 24.0 Å². The highest BCUT2D eigenvalue weighted by Gasteiger charge is 2.33. The maximum absolute atomic E-state index is 13.7. The van der Waals surface area contributed by atoms with E-state index < -0.39 is 0 Å². The Labute approximate surface area is 220 Å². The summed E-state index contributed by atoms with van der Waals surface area (Å²) in [6.07, 6.45) is 6.00. The maximum Gasteiger partial charge on any atom is 0.409 e. The van der Waals surface area contributed by atoms with Crippen LogP contribution in [0.25, 0.3) is 11.7 Å². The lowest BCUT2D eigenvalue weighted by molar-refractivity contribution is -0.122. The predicted octanol–water partition coefficient (Wildman–Crippen LogP) is 3.67. The number of rotatable bonds is 7. The van der Waals surface area contributed by atoms with E-state index in [1.807, 2.05) is 24.0 Å². The van der Waals surface area contributed by atoms with Crippen LogP contribution in [-0.2, 0) is 9.53 Å². The molecule has 0 N–H and O–H groups in total. The first-order chi connectivity index (χ1) is 17.3. The van der Waals surface area contributed by atoms with Gasteiger partial charge in [0.1, 0.15) is 15.8 Å². The van der Waals surface area contributed by atoms with Crippen LogP contribution in [0.1, 0.15) is 44.2 Å². The van der Waals surface area contributed by atoms with Crippen molar-refractivity contribution in [3.8, 4) is 0 Å². The van der Waals surface area contributed by atoms with Gasteiger partial charge in [0.15, 0.2) is 0 Å². The Kier molecular flexibility index (Phi) is 8.30. The van der Waals surface area contributed by atoms with Crippen molar-refractivity contribution in [3.63, 3.8) is 0 Å². The minimum atomic E-state index is -0.342. The van der Waals surface area contributed by atoms with E-state index >= 15 is 0 Å². The second-order valence-corrected chi connectivity index (χ2v) is 10.5. The lowest BCUT2D eigenvalue weighted by atomic mass is 10.2. The van der Waals surface area contributed by atoms with Gasteiger partial charge in [-0.1, -0.05) is 49.8 Å². The molecule has 0 unspecified atom stereocenters. The third-order valence-electron chi connectivity index (χ3n) is 6.22. The van der Waals surface area contributed by atoms with Crippen LogP contribution in [0, 0.1) is 6.92 Å². The Balaban J connectivity index is 1.70. The van der Waals surface area contributed by atoms with E-state index in [2.05, 4.69) is 6.92 Å². The number of carbonyl (C=O) groups excluding carboxylic acids is 2. The van der Waals surface area contributed by atoms with E-state index in [9.17, 15) is 14.4 Å². The largest absolute Gasteiger partial charge is 0.450 e. The summed E-state index contributed by atoms with van der Waals surface area (Å²) in [4.78, 5) is 49.5. The minimum Gasteiger partial charge on any atom is -0.450 e. The number of fused-ring (bicyclic) bond motifs is 1. The number of aromatic nitrogens is 2. The second-order valence-electron chi connectivity index (χ2n) is 8.80. The molecular weight excluding hydrogens is 498 g/mol. The van der Waals surface area contributed by atoms with Crippen molar-refractivity contribution in [1.29, 1.82) is 0 Å². The number of amides is 2. The van der Waals surface area contributed by atoms with Gasteiger partial charge in [-0.2, -0.15) is 0 Å². The quantitative estimate of drug-likeness (QED) is 0.305. The van der Waals surface area contributed by atoms with E-state index in [1.165, 1.54) is 16.2 Å². The molecule has 2 aliphatic rings. The Morgan fingerprint density at radius 2 is 1.92 bits per heavy atom. The Bertz CT molecular complexity index is 1270. The highest BCUT2D eigenvalue weighted by Crippen LogP contribution is 2.34. The summed E-state index contributed by atoms with van der Waals surface area (Å²) in [5.74, 6) is 0.330.